The van der Waals surface area contributed by atoms with E-state index in [4.69, 9.17) is 4.74 Å². The topological polar surface area (TPSA) is 143 Å². The van der Waals surface area contributed by atoms with E-state index in [0.717, 1.165) is 5.56 Å². The Morgan fingerprint density at radius 3 is 2.03 bits per heavy atom. The Labute approximate surface area is 231 Å². The molecule has 9 nitrogen and oxygen atoms in total. The van der Waals surface area contributed by atoms with Crippen LogP contribution >= 0.6 is 0 Å². The molecule has 184 valence electrons. The molecule has 0 heterocycles. The van der Waals surface area contributed by atoms with Gasteiger partial charge in [-0.25, -0.2) is 4.79 Å². The van der Waals surface area contributed by atoms with E-state index in [1.165, 1.54) is 24.3 Å². The van der Waals surface area contributed by atoms with Gasteiger partial charge in [0, 0.05) is 24.0 Å². The first kappa shape index (κ1) is 29.3. The normalized spacial score (nSPS) is 12.1. The molecule has 3 aromatic rings. The van der Waals surface area contributed by atoms with Crippen LogP contribution in [0.4, 0.5) is 16.2 Å². The minimum absolute atomic E-state index is 0. The van der Waals surface area contributed by atoms with Gasteiger partial charge in [-0.15, -0.1) is 0 Å². The van der Waals surface area contributed by atoms with Gasteiger partial charge in [0.1, 0.15) is 18.5 Å². The standard InChI is InChI=1S/C26H29N3O6.Na/c30-16-22(27-15-23(31)17-35-24-4-2-1-3-5-24)14-18-6-10-20(11-7-18)28-26(34)29-21-12-8-19(9-13-21)25(32)33;/h1-13,22-23,27,30-31H,14-17H2,(H,32,33)(H2,28,29,34);/q;+1/p-1/t22-,23-;/m0./s1. The predicted octanol–water partition coefficient (Wildman–Crippen LogP) is -1.37. The maximum Gasteiger partial charge on any atom is 1.00 e. The van der Waals surface area contributed by atoms with Gasteiger partial charge < -0.3 is 40.8 Å². The molecular weight excluding hydrogens is 473 g/mol. The third kappa shape index (κ3) is 9.98. The molecule has 0 spiro atoms. The summed E-state index contributed by atoms with van der Waals surface area (Å²) in [6.45, 7) is 0.297. The maximum absolute atomic E-state index is 12.2. The van der Waals surface area contributed by atoms with E-state index in [1.807, 2.05) is 42.5 Å². The fraction of sp³-hybridized carbons (Fsp3) is 0.231. The van der Waals surface area contributed by atoms with E-state index in [0.29, 0.717) is 23.5 Å². The number of aliphatic hydroxyl groups excluding tert-OH is 2. The van der Waals surface area contributed by atoms with Gasteiger partial charge in [-0.05, 0) is 53.9 Å². The molecule has 2 atom stereocenters. The molecular formula is C26H28N3NaO6. The van der Waals surface area contributed by atoms with Crippen LogP contribution in [-0.4, -0.2) is 54.1 Å². The van der Waals surface area contributed by atoms with E-state index in [-0.39, 0.29) is 60.9 Å². The fourth-order valence-electron chi connectivity index (χ4n) is 3.26. The second-order valence-corrected chi connectivity index (χ2v) is 7.91. The molecule has 0 fully saturated rings. The Bertz CT molecular complexity index is 1080. The van der Waals surface area contributed by atoms with E-state index >= 15 is 0 Å². The number of carbonyl (C=O) groups excluding carboxylic acids is 2. The van der Waals surface area contributed by atoms with Crippen LogP contribution < -0.4 is 55.4 Å². The quantitative estimate of drug-likeness (QED) is 0.193. The SMILES string of the molecule is O=C(Nc1ccc(C[C@@H](CO)NC[C@H](O)COc2ccccc2)cc1)Nc1ccc(C(=O)[O-])cc1.[Na+]. The molecule has 0 unspecified atom stereocenters. The summed E-state index contributed by atoms with van der Waals surface area (Å²) >= 11 is 0. The van der Waals surface area contributed by atoms with Crippen molar-refractivity contribution in [1.82, 2.24) is 5.32 Å². The number of aliphatic hydroxyl groups is 2. The number of carboxylic acids is 1. The van der Waals surface area contributed by atoms with Crippen LogP contribution in [0.2, 0.25) is 0 Å². The summed E-state index contributed by atoms with van der Waals surface area (Å²) in [5.41, 5.74) is 1.98. The zero-order valence-electron chi connectivity index (χ0n) is 20.0. The molecule has 0 saturated heterocycles. The first-order chi connectivity index (χ1) is 16.9. The zero-order chi connectivity index (χ0) is 25.0. The summed E-state index contributed by atoms with van der Waals surface area (Å²) < 4.78 is 5.53. The molecule has 10 heteroatoms. The van der Waals surface area contributed by atoms with Gasteiger partial charge in [0.15, 0.2) is 0 Å². The molecule has 36 heavy (non-hydrogen) atoms. The number of urea groups is 1. The number of carboxylic acid groups (broad SMARTS) is 1. The number of anilines is 2. The number of nitrogens with one attached hydrogen (secondary N) is 3. The molecule has 2 amide bonds. The summed E-state index contributed by atoms with van der Waals surface area (Å²) in [7, 11) is 0. The Morgan fingerprint density at radius 1 is 0.889 bits per heavy atom. The Balaban J connectivity index is 0.00000456. The average Bonchev–Trinajstić information content (AvgIpc) is 2.87. The number of hydrogen-bond acceptors (Lipinski definition) is 7. The number of para-hydroxylation sites is 1. The molecule has 5 N–H and O–H groups in total. The van der Waals surface area contributed by atoms with E-state index < -0.39 is 18.1 Å². The van der Waals surface area contributed by atoms with E-state index in [1.54, 1.807) is 12.1 Å². The minimum Gasteiger partial charge on any atom is -0.545 e. The zero-order valence-corrected chi connectivity index (χ0v) is 22.0. The molecule has 3 aromatic carbocycles. The van der Waals surface area contributed by atoms with Gasteiger partial charge in [-0.3, -0.25) is 0 Å². The van der Waals surface area contributed by atoms with Crippen LogP contribution in [0.25, 0.3) is 0 Å². The summed E-state index contributed by atoms with van der Waals surface area (Å²) in [4.78, 5) is 23.0. The Morgan fingerprint density at radius 2 is 1.47 bits per heavy atom. The molecule has 0 bridgehead atoms. The predicted molar refractivity (Wildman–Crippen MR) is 130 cm³/mol. The molecule has 0 saturated carbocycles. The number of hydrogen-bond donors (Lipinski definition) is 5. The van der Waals surface area contributed by atoms with Gasteiger partial charge in [0.05, 0.1) is 12.6 Å². The largest absolute Gasteiger partial charge is 1.00 e. The smallest absolute Gasteiger partial charge is 0.545 e. The van der Waals surface area contributed by atoms with Crippen molar-refractivity contribution in [3.63, 3.8) is 0 Å². The summed E-state index contributed by atoms with van der Waals surface area (Å²) in [5, 5.41) is 39.1. The van der Waals surface area contributed by atoms with E-state index in [9.17, 15) is 24.9 Å². The fourth-order valence-corrected chi connectivity index (χ4v) is 3.26. The van der Waals surface area contributed by atoms with Crippen LogP contribution in [0.1, 0.15) is 15.9 Å². The van der Waals surface area contributed by atoms with Crippen molar-refractivity contribution in [3.05, 3.63) is 90.0 Å². The van der Waals surface area contributed by atoms with Gasteiger partial charge >= 0.3 is 35.6 Å². The van der Waals surface area contributed by atoms with E-state index in [2.05, 4.69) is 16.0 Å². The molecule has 0 radical (unpaired) electrons. The van der Waals surface area contributed by atoms with Crippen molar-refractivity contribution >= 4 is 23.4 Å². The molecule has 0 aliphatic heterocycles. The number of amides is 2. The Kier molecular flexibility index (Phi) is 12.4. The van der Waals surface area contributed by atoms with Crippen molar-refractivity contribution in [2.24, 2.45) is 0 Å². The first-order valence-corrected chi connectivity index (χ1v) is 11.1. The van der Waals surface area contributed by atoms with Crippen LogP contribution in [0.3, 0.4) is 0 Å². The number of benzene rings is 3. The van der Waals surface area contributed by atoms with Crippen molar-refractivity contribution in [2.45, 2.75) is 18.6 Å². The second-order valence-electron chi connectivity index (χ2n) is 7.91. The third-order valence-corrected chi connectivity index (χ3v) is 5.12. The van der Waals surface area contributed by atoms with Crippen LogP contribution in [-0.2, 0) is 6.42 Å². The maximum atomic E-state index is 12.2. The summed E-state index contributed by atoms with van der Waals surface area (Å²) in [6.07, 6.45) is -0.202. The van der Waals surface area contributed by atoms with Crippen LogP contribution in [0.15, 0.2) is 78.9 Å². The summed E-state index contributed by atoms with van der Waals surface area (Å²) in [5.74, 6) is -0.603. The molecule has 0 aliphatic carbocycles. The number of carbonyl (C=O) groups is 2. The second kappa shape index (κ2) is 15.2. The van der Waals surface area contributed by atoms with Gasteiger partial charge in [-0.1, -0.05) is 42.5 Å². The Hall–Kier alpha value is -2.92. The van der Waals surface area contributed by atoms with Gasteiger partial charge in [0.25, 0.3) is 0 Å². The summed E-state index contributed by atoms with van der Waals surface area (Å²) in [6, 6.07) is 21.3. The number of aromatic carboxylic acids is 1. The van der Waals surface area contributed by atoms with Crippen molar-refractivity contribution in [3.8, 4) is 5.75 Å². The van der Waals surface area contributed by atoms with Crippen molar-refractivity contribution < 1.29 is 59.2 Å². The van der Waals surface area contributed by atoms with Crippen LogP contribution in [0.5, 0.6) is 5.75 Å². The first-order valence-electron chi connectivity index (χ1n) is 11.1. The molecule has 0 aromatic heterocycles. The van der Waals surface area contributed by atoms with Crippen molar-refractivity contribution in [1.29, 1.82) is 0 Å². The third-order valence-electron chi connectivity index (χ3n) is 5.12. The molecule has 0 aliphatic rings. The van der Waals surface area contributed by atoms with Gasteiger partial charge in [-0.2, -0.15) is 0 Å². The molecule has 3 rings (SSSR count). The van der Waals surface area contributed by atoms with Crippen molar-refractivity contribution in [2.75, 3.05) is 30.4 Å². The monoisotopic (exact) mass is 501 g/mol. The minimum atomic E-state index is -1.28. The van der Waals surface area contributed by atoms with Gasteiger partial charge in [0.2, 0.25) is 0 Å². The van der Waals surface area contributed by atoms with Crippen LogP contribution in [0, 0.1) is 0 Å². The number of rotatable bonds is 12. The average molecular weight is 502 g/mol. The number of ether oxygens (including phenoxy) is 1.